The highest BCUT2D eigenvalue weighted by molar-refractivity contribution is 7.80. The van der Waals surface area contributed by atoms with Crippen LogP contribution in [0.5, 0.6) is 5.75 Å². The highest BCUT2D eigenvalue weighted by atomic mass is 32.1. The Kier molecular flexibility index (Phi) is 6.81. The van der Waals surface area contributed by atoms with Crippen molar-refractivity contribution in [3.63, 3.8) is 0 Å². The van der Waals surface area contributed by atoms with Crippen LogP contribution in [0.2, 0.25) is 0 Å². The summed E-state index contributed by atoms with van der Waals surface area (Å²) < 4.78 is 5.27. The first-order valence-corrected chi connectivity index (χ1v) is 9.41. The maximum atomic E-state index is 12.8. The fraction of sp³-hybridized carbons (Fsp3) is 0.0870. The number of hydrazone groups is 1. The molecule has 1 N–H and O–H groups in total. The molecule has 0 aliphatic carbocycles. The molecule has 0 saturated carbocycles. The number of ether oxygens (including phenoxy) is 1. The van der Waals surface area contributed by atoms with Crippen molar-refractivity contribution in [2.75, 3.05) is 7.11 Å². The molecule has 29 heavy (non-hydrogen) atoms. The number of hydrogen-bond acceptors (Lipinski definition) is 5. The summed E-state index contributed by atoms with van der Waals surface area (Å²) in [6.07, 6.45) is -0.000188. The minimum absolute atomic E-state index is 0.000188. The summed E-state index contributed by atoms with van der Waals surface area (Å²) in [6, 6.07) is 23.0. The molecule has 0 unspecified atom stereocenters. The zero-order valence-electron chi connectivity index (χ0n) is 15.8. The van der Waals surface area contributed by atoms with E-state index in [0.717, 1.165) is 0 Å². The average molecular weight is 404 g/mol. The van der Waals surface area contributed by atoms with E-state index in [9.17, 15) is 9.59 Å². The molecule has 0 fully saturated rings. The lowest BCUT2D eigenvalue weighted by Gasteiger charge is -2.10. The SMILES string of the molecule is COc1cccc(/C(CC(=O)c2ccccc2S)=N/NC(=O)c2ccccc2)c1. The van der Waals surface area contributed by atoms with Crippen LogP contribution in [0, 0.1) is 0 Å². The van der Waals surface area contributed by atoms with Gasteiger partial charge in [-0.3, -0.25) is 9.59 Å². The molecule has 6 heteroatoms. The molecular weight excluding hydrogens is 384 g/mol. The second kappa shape index (κ2) is 9.71. The largest absolute Gasteiger partial charge is 0.497 e. The van der Waals surface area contributed by atoms with Crippen LogP contribution >= 0.6 is 12.6 Å². The number of nitrogens with one attached hydrogen (secondary N) is 1. The number of nitrogens with zero attached hydrogens (tertiary/aromatic N) is 1. The zero-order chi connectivity index (χ0) is 20.6. The Labute approximate surface area is 174 Å². The molecule has 0 aliphatic heterocycles. The lowest BCUT2D eigenvalue weighted by molar-refractivity contribution is 0.0950. The van der Waals surface area contributed by atoms with E-state index in [1.54, 1.807) is 67.8 Å². The first kappa shape index (κ1) is 20.4. The van der Waals surface area contributed by atoms with Crippen LogP contribution in [-0.2, 0) is 0 Å². The van der Waals surface area contributed by atoms with Gasteiger partial charge in [0.25, 0.3) is 5.91 Å². The third kappa shape index (κ3) is 5.33. The Morgan fingerprint density at radius 3 is 2.34 bits per heavy atom. The van der Waals surface area contributed by atoms with Crippen LogP contribution < -0.4 is 10.2 Å². The predicted octanol–water partition coefficient (Wildman–Crippen LogP) is 4.39. The highest BCUT2D eigenvalue weighted by Gasteiger charge is 2.16. The Morgan fingerprint density at radius 1 is 0.931 bits per heavy atom. The fourth-order valence-electron chi connectivity index (χ4n) is 2.74. The smallest absolute Gasteiger partial charge is 0.271 e. The molecule has 3 aromatic carbocycles. The van der Waals surface area contributed by atoms with Crippen LogP contribution in [0.3, 0.4) is 0 Å². The lowest BCUT2D eigenvalue weighted by Crippen LogP contribution is -2.21. The maximum absolute atomic E-state index is 12.8. The third-order valence-electron chi connectivity index (χ3n) is 4.26. The molecule has 0 radical (unpaired) electrons. The quantitative estimate of drug-likeness (QED) is 0.266. The van der Waals surface area contributed by atoms with Gasteiger partial charge in [0, 0.05) is 21.6 Å². The summed E-state index contributed by atoms with van der Waals surface area (Å²) in [5.74, 6) is 0.130. The van der Waals surface area contributed by atoms with Crippen LogP contribution in [0.15, 0.2) is 88.9 Å². The maximum Gasteiger partial charge on any atom is 0.271 e. The highest BCUT2D eigenvalue weighted by Crippen LogP contribution is 2.19. The van der Waals surface area contributed by atoms with Gasteiger partial charge in [-0.1, -0.05) is 48.5 Å². The lowest BCUT2D eigenvalue weighted by atomic mass is 10.0. The molecule has 0 aromatic heterocycles. The second-order valence-electron chi connectivity index (χ2n) is 6.21. The molecule has 3 rings (SSSR count). The molecule has 0 atom stereocenters. The minimum atomic E-state index is -0.354. The molecule has 5 nitrogen and oxygen atoms in total. The number of ketones is 1. The summed E-state index contributed by atoms with van der Waals surface area (Å²) in [7, 11) is 1.56. The van der Waals surface area contributed by atoms with Crippen LogP contribution in [0.25, 0.3) is 0 Å². The Balaban J connectivity index is 1.90. The van der Waals surface area contributed by atoms with Gasteiger partial charge in [-0.05, 0) is 30.3 Å². The molecule has 0 aliphatic rings. The van der Waals surface area contributed by atoms with Gasteiger partial charge >= 0.3 is 0 Å². The van der Waals surface area contributed by atoms with E-state index in [0.29, 0.717) is 33.0 Å². The van der Waals surface area contributed by atoms with Gasteiger partial charge in [0.15, 0.2) is 5.78 Å². The standard InChI is InChI=1S/C23H20N2O3S/c1-28-18-11-7-10-17(14-18)20(15-21(26)19-12-5-6-13-22(19)29)24-25-23(27)16-8-3-2-4-9-16/h2-14,29H,15H2,1H3,(H,25,27)/b24-20+. The van der Waals surface area contributed by atoms with Crippen molar-refractivity contribution < 1.29 is 14.3 Å². The molecule has 0 heterocycles. The van der Waals surface area contributed by atoms with E-state index in [1.165, 1.54) is 0 Å². The van der Waals surface area contributed by atoms with Crippen LogP contribution in [-0.4, -0.2) is 24.5 Å². The van der Waals surface area contributed by atoms with Gasteiger partial charge in [0.2, 0.25) is 0 Å². The zero-order valence-corrected chi connectivity index (χ0v) is 16.7. The van der Waals surface area contributed by atoms with Crippen molar-refractivity contribution in [3.05, 3.63) is 95.6 Å². The summed E-state index contributed by atoms with van der Waals surface area (Å²) in [6.45, 7) is 0. The van der Waals surface area contributed by atoms with Gasteiger partial charge in [-0.15, -0.1) is 12.6 Å². The van der Waals surface area contributed by atoms with E-state index in [4.69, 9.17) is 4.74 Å². The van der Waals surface area contributed by atoms with E-state index >= 15 is 0 Å². The molecule has 0 saturated heterocycles. The Bertz CT molecular complexity index is 1050. The van der Waals surface area contributed by atoms with E-state index < -0.39 is 0 Å². The first-order chi connectivity index (χ1) is 14.1. The summed E-state index contributed by atoms with van der Waals surface area (Å²) >= 11 is 4.36. The van der Waals surface area contributed by atoms with Gasteiger partial charge in [-0.25, -0.2) is 5.43 Å². The number of hydrogen-bond donors (Lipinski definition) is 2. The Morgan fingerprint density at radius 2 is 1.62 bits per heavy atom. The van der Waals surface area contributed by atoms with E-state index in [2.05, 4.69) is 23.2 Å². The molecule has 1 amide bonds. The second-order valence-corrected chi connectivity index (χ2v) is 6.70. The number of rotatable bonds is 7. The van der Waals surface area contributed by atoms with Gasteiger partial charge in [-0.2, -0.15) is 5.10 Å². The molecule has 0 bridgehead atoms. The summed E-state index contributed by atoms with van der Waals surface area (Å²) in [4.78, 5) is 25.8. The van der Waals surface area contributed by atoms with Crippen molar-refractivity contribution in [3.8, 4) is 5.75 Å². The van der Waals surface area contributed by atoms with Crippen molar-refractivity contribution in [2.24, 2.45) is 5.10 Å². The number of Topliss-reactive ketones (excluding diaryl/α,β-unsaturated/α-hetero) is 1. The van der Waals surface area contributed by atoms with Crippen molar-refractivity contribution in [2.45, 2.75) is 11.3 Å². The van der Waals surface area contributed by atoms with Crippen LogP contribution in [0.1, 0.15) is 32.7 Å². The molecule has 146 valence electrons. The number of carbonyl (C=O) groups is 2. The molecule has 0 spiro atoms. The van der Waals surface area contributed by atoms with Crippen molar-refractivity contribution in [1.29, 1.82) is 0 Å². The van der Waals surface area contributed by atoms with E-state index in [-0.39, 0.29) is 18.1 Å². The van der Waals surface area contributed by atoms with Gasteiger partial charge in [0.05, 0.1) is 19.2 Å². The summed E-state index contributed by atoms with van der Waals surface area (Å²) in [5.41, 5.74) is 4.63. The van der Waals surface area contributed by atoms with Gasteiger partial charge in [0.1, 0.15) is 5.75 Å². The first-order valence-electron chi connectivity index (χ1n) is 8.96. The van der Waals surface area contributed by atoms with Crippen molar-refractivity contribution in [1.82, 2.24) is 5.43 Å². The molecular formula is C23H20N2O3S. The number of thiol groups is 1. The van der Waals surface area contributed by atoms with Gasteiger partial charge < -0.3 is 4.74 Å². The normalized spacial score (nSPS) is 11.0. The number of amides is 1. The van der Waals surface area contributed by atoms with Crippen molar-refractivity contribution >= 4 is 30.0 Å². The Hall–Kier alpha value is -3.38. The number of carbonyl (C=O) groups excluding carboxylic acids is 2. The number of methoxy groups -OCH3 is 1. The predicted molar refractivity (Wildman–Crippen MR) is 116 cm³/mol. The number of benzene rings is 3. The monoisotopic (exact) mass is 404 g/mol. The van der Waals surface area contributed by atoms with E-state index in [1.807, 2.05) is 18.2 Å². The summed E-state index contributed by atoms with van der Waals surface area (Å²) in [5, 5.41) is 4.26. The third-order valence-corrected chi connectivity index (χ3v) is 4.65. The topological polar surface area (TPSA) is 67.8 Å². The van der Waals surface area contributed by atoms with Crippen LogP contribution in [0.4, 0.5) is 0 Å². The average Bonchev–Trinajstić information content (AvgIpc) is 2.77. The minimum Gasteiger partial charge on any atom is -0.497 e. The fourth-order valence-corrected chi connectivity index (χ4v) is 3.02. The molecule has 3 aromatic rings.